The number of carbonyl (C=O) groups excluding carboxylic acids is 3. The molecule has 0 radical (unpaired) electrons. The first-order chi connectivity index (χ1) is 15.3. The molecule has 0 aromatic heterocycles. The van der Waals surface area contributed by atoms with E-state index in [1.54, 1.807) is 17.0 Å². The Balaban J connectivity index is 1.97. The maximum absolute atomic E-state index is 13.8. The van der Waals surface area contributed by atoms with E-state index in [4.69, 9.17) is 32.7 Å². The highest BCUT2D eigenvalue weighted by molar-refractivity contribution is 6.37. The van der Waals surface area contributed by atoms with Gasteiger partial charge in [-0.05, 0) is 42.8 Å². The van der Waals surface area contributed by atoms with E-state index >= 15 is 0 Å². The summed E-state index contributed by atoms with van der Waals surface area (Å²) in [6.07, 6.45) is 3.64. The van der Waals surface area contributed by atoms with Gasteiger partial charge in [0.1, 0.15) is 6.04 Å². The average Bonchev–Trinajstić information content (AvgIpc) is 3.12. The molecule has 4 rings (SSSR count). The van der Waals surface area contributed by atoms with Gasteiger partial charge in [0, 0.05) is 16.3 Å². The lowest BCUT2D eigenvalue weighted by Crippen LogP contribution is -2.45. The fraction of sp³-hybridized carbons (Fsp3) is 0.208. The highest BCUT2D eigenvalue weighted by Gasteiger charge is 2.51. The number of hydrogen-bond acceptors (Lipinski definition) is 6. The number of aryl methyl sites for hydroxylation is 1. The molecular formula is C24H19Cl2NO5. The van der Waals surface area contributed by atoms with Crippen LogP contribution in [0.1, 0.15) is 21.5 Å². The number of halogens is 2. The van der Waals surface area contributed by atoms with Gasteiger partial charge in [0.25, 0.3) is 0 Å². The molecule has 2 aromatic rings. The summed E-state index contributed by atoms with van der Waals surface area (Å²) in [4.78, 5) is 41.2. The predicted molar refractivity (Wildman–Crippen MR) is 122 cm³/mol. The molecule has 0 saturated heterocycles. The molecule has 0 aliphatic carbocycles. The highest BCUT2D eigenvalue weighted by Crippen LogP contribution is 2.43. The van der Waals surface area contributed by atoms with Crippen LogP contribution in [0.4, 0.5) is 5.69 Å². The van der Waals surface area contributed by atoms with Crippen molar-refractivity contribution >= 4 is 52.7 Å². The quantitative estimate of drug-likeness (QED) is 0.485. The first-order valence-electron chi connectivity index (χ1n) is 9.75. The molecule has 0 fully saturated rings. The van der Waals surface area contributed by atoms with Crippen LogP contribution in [0.5, 0.6) is 0 Å². The second kappa shape index (κ2) is 8.45. The minimum Gasteiger partial charge on any atom is -0.466 e. The summed E-state index contributed by atoms with van der Waals surface area (Å²) >= 11 is 12.3. The molecule has 32 heavy (non-hydrogen) atoms. The molecule has 2 aliphatic rings. The Morgan fingerprint density at radius 1 is 0.938 bits per heavy atom. The number of anilines is 1. The molecule has 0 spiro atoms. The molecule has 0 saturated carbocycles. The van der Waals surface area contributed by atoms with Crippen molar-refractivity contribution in [3.63, 3.8) is 0 Å². The van der Waals surface area contributed by atoms with E-state index in [2.05, 4.69) is 0 Å². The Bertz CT molecular complexity index is 1220. The van der Waals surface area contributed by atoms with Crippen molar-refractivity contribution in [1.82, 2.24) is 0 Å². The second-order valence-electron chi connectivity index (χ2n) is 7.47. The van der Waals surface area contributed by atoms with E-state index in [1.807, 2.05) is 31.2 Å². The summed E-state index contributed by atoms with van der Waals surface area (Å²) in [5.41, 5.74) is 2.76. The Hall–Kier alpha value is -3.09. The zero-order chi connectivity index (χ0) is 23.2. The average molecular weight is 472 g/mol. The SMILES string of the molecule is COC(=O)C1=C(C(=O)OC)C(C(=O)c2ccc(Cl)cc2Cl)N2c3ccc(C)cc3C=CC12. The van der Waals surface area contributed by atoms with Crippen LogP contribution in [0.15, 0.2) is 53.6 Å². The van der Waals surface area contributed by atoms with Crippen LogP contribution in [-0.4, -0.2) is 44.0 Å². The van der Waals surface area contributed by atoms with Gasteiger partial charge in [-0.25, -0.2) is 9.59 Å². The third-order valence-corrected chi connectivity index (χ3v) is 6.16. The van der Waals surface area contributed by atoms with Gasteiger partial charge in [-0.1, -0.05) is 47.0 Å². The fourth-order valence-corrected chi connectivity index (χ4v) is 4.73. The van der Waals surface area contributed by atoms with Crippen molar-refractivity contribution in [3.05, 3.63) is 80.4 Å². The van der Waals surface area contributed by atoms with Crippen molar-refractivity contribution in [2.75, 3.05) is 19.1 Å². The van der Waals surface area contributed by atoms with Gasteiger partial charge in [-0.2, -0.15) is 0 Å². The molecule has 2 aliphatic heterocycles. The first-order valence-corrected chi connectivity index (χ1v) is 10.5. The molecule has 2 atom stereocenters. The van der Waals surface area contributed by atoms with E-state index in [9.17, 15) is 14.4 Å². The second-order valence-corrected chi connectivity index (χ2v) is 8.32. The zero-order valence-electron chi connectivity index (χ0n) is 17.5. The van der Waals surface area contributed by atoms with Crippen LogP contribution in [0.3, 0.4) is 0 Å². The Labute approximate surface area is 195 Å². The van der Waals surface area contributed by atoms with Crippen LogP contribution >= 0.6 is 23.2 Å². The summed E-state index contributed by atoms with van der Waals surface area (Å²) in [5, 5.41) is 0.517. The first kappa shape index (κ1) is 22.1. The Morgan fingerprint density at radius 3 is 2.28 bits per heavy atom. The van der Waals surface area contributed by atoms with Gasteiger partial charge in [0.2, 0.25) is 0 Å². The molecule has 2 unspecified atom stereocenters. The fourth-order valence-electron chi connectivity index (χ4n) is 4.23. The molecule has 6 nitrogen and oxygen atoms in total. The van der Waals surface area contributed by atoms with E-state index < -0.39 is 29.8 Å². The summed E-state index contributed by atoms with van der Waals surface area (Å²) in [7, 11) is 2.43. The van der Waals surface area contributed by atoms with Crippen molar-refractivity contribution in [1.29, 1.82) is 0 Å². The lowest BCUT2D eigenvalue weighted by molar-refractivity contribution is -0.139. The third-order valence-electron chi connectivity index (χ3n) is 5.61. The lowest BCUT2D eigenvalue weighted by atomic mass is 9.95. The molecular weight excluding hydrogens is 453 g/mol. The van der Waals surface area contributed by atoms with Gasteiger partial charge >= 0.3 is 11.9 Å². The highest BCUT2D eigenvalue weighted by atomic mass is 35.5. The van der Waals surface area contributed by atoms with Crippen LogP contribution in [0.25, 0.3) is 6.08 Å². The van der Waals surface area contributed by atoms with Gasteiger partial charge in [-0.15, -0.1) is 0 Å². The maximum Gasteiger partial charge on any atom is 0.336 e. The number of rotatable bonds is 4. The van der Waals surface area contributed by atoms with E-state index in [0.717, 1.165) is 11.1 Å². The van der Waals surface area contributed by atoms with Gasteiger partial charge < -0.3 is 14.4 Å². The largest absolute Gasteiger partial charge is 0.466 e. The summed E-state index contributed by atoms with van der Waals surface area (Å²) in [6, 6.07) is 8.40. The van der Waals surface area contributed by atoms with Crippen molar-refractivity contribution in [2.45, 2.75) is 19.0 Å². The van der Waals surface area contributed by atoms with Crippen LogP contribution in [-0.2, 0) is 19.1 Å². The smallest absolute Gasteiger partial charge is 0.336 e. The number of ether oxygens (including phenoxy) is 2. The zero-order valence-corrected chi connectivity index (χ0v) is 19.0. The van der Waals surface area contributed by atoms with Crippen LogP contribution < -0.4 is 4.90 Å². The number of nitrogens with zero attached hydrogens (tertiary/aromatic N) is 1. The molecule has 0 amide bonds. The number of hydrogen-bond donors (Lipinski definition) is 0. The van der Waals surface area contributed by atoms with Gasteiger partial charge in [0.15, 0.2) is 5.78 Å². The van der Waals surface area contributed by atoms with Gasteiger partial charge in [-0.3, -0.25) is 4.79 Å². The maximum atomic E-state index is 13.8. The van der Waals surface area contributed by atoms with E-state index in [-0.39, 0.29) is 21.7 Å². The van der Waals surface area contributed by atoms with E-state index in [0.29, 0.717) is 10.7 Å². The molecule has 0 bridgehead atoms. The number of ketones is 1. The van der Waals surface area contributed by atoms with Gasteiger partial charge in [0.05, 0.1) is 36.4 Å². The molecule has 2 heterocycles. The topological polar surface area (TPSA) is 72.9 Å². The van der Waals surface area contributed by atoms with Crippen molar-refractivity contribution < 1.29 is 23.9 Å². The summed E-state index contributed by atoms with van der Waals surface area (Å²) in [6.45, 7) is 1.96. The Morgan fingerprint density at radius 2 is 1.62 bits per heavy atom. The lowest BCUT2D eigenvalue weighted by Gasteiger charge is -2.35. The van der Waals surface area contributed by atoms with Crippen LogP contribution in [0, 0.1) is 6.92 Å². The van der Waals surface area contributed by atoms with Crippen LogP contribution in [0.2, 0.25) is 10.0 Å². The van der Waals surface area contributed by atoms with Crippen molar-refractivity contribution in [3.8, 4) is 0 Å². The normalized spacial score (nSPS) is 18.8. The number of methoxy groups -OCH3 is 2. The predicted octanol–water partition coefficient (Wildman–Crippen LogP) is 4.41. The Kier molecular flexibility index (Phi) is 5.84. The minimum absolute atomic E-state index is 0.0604. The van der Waals surface area contributed by atoms with Crippen molar-refractivity contribution in [2.24, 2.45) is 0 Å². The minimum atomic E-state index is -1.15. The number of benzene rings is 2. The monoisotopic (exact) mass is 471 g/mol. The molecule has 8 heteroatoms. The summed E-state index contributed by atoms with van der Waals surface area (Å²) < 4.78 is 9.94. The molecule has 0 N–H and O–H groups in total. The molecule has 2 aromatic carbocycles. The van der Waals surface area contributed by atoms with E-state index in [1.165, 1.54) is 26.4 Å². The standard InChI is InChI=1S/C24H19Cl2NO5/c1-12-4-8-17-13(10-12)5-9-18-19(23(29)31-2)20(24(30)32-3)21(27(17)18)22(28)15-7-6-14(25)11-16(15)26/h4-11,18,21H,1-3H3. The molecule has 164 valence electrons. The number of Topliss-reactive ketones (excluding diaryl/α,β-unsaturated/α-hetero) is 1. The summed E-state index contributed by atoms with van der Waals surface area (Å²) in [5.74, 6) is -1.96. The number of esters is 2. The number of carbonyl (C=O) groups is 3. The third kappa shape index (κ3) is 3.49. The number of fused-ring (bicyclic) bond motifs is 3.